The highest BCUT2D eigenvalue weighted by Gasteiger charge is 2.20. The minimum atomic E-state index is -3.74. The number of ether oxygens (including phenoxy) is 1. The highest BCUT2D eigenvalue weighted by molar-refractivity contribution is 9.10. The van der Waals surface area contributed by atoms with E-state index in [1.807, 2.05) is 6.92 Å². The van der Waals surface area contributed by atoms with E-state index in [1.54, 1.807) is 37.3 Å². The maximum absolute atomic E-state index is 12.5. The number of rotatable bonds is 4. The SMILES string of the molecule is COc1ccc(C)cc1S(=O)(=O)Nc1ccc(Br)nc1C. The highest BCUT2D eigenvalue weighted by Crippen LogP contribution is 2.27. The molecule has 0 unspecified atom stereocenters. The van der Waals surface area contributed by atoms with Crippen molar-refractivity contribution in [3.05, 3.63) is 46.2 Å². The molecule has 112 valence electrons. The number of anilines is 1. The molecule has 2 aromatic rings. The largest absolute Gasteiger partial charge is 0.495 e. The lowest BCUT2D eigenvalue weighted by Gasteiger charge is -2.13. The number of nitrogens with one attached hydrogen (secondary N) is 1. The molecule has 0 bridgehead atoms. The van der Waals surface area contributed by atoms with Crippen molar-refractivity contribution in [3.63, 3.8) is 0 Å². The lowest BCUT2D eigenvalue weighted by atomic mass is 10.2. The summed E-state index contributed by atoms with van der Waals surface area (Å²) in [5, 5.41) is 0. The van der Waals surface area contributed by atoms with E-state index in [4.69, 9.17) is 4.74 Å². The van der Waals surface area contributed by atoms with Crippen molar-refractivity contribution in [1.82, 2.24) is 4.98 Å². The third-order valence-corrected chi connectivity index (χ3v) is 4.73. The van der Waals surface area contributed by atoms with Gasteiger partial charge in [0, 0.05) is 0 Å². The van der Waals surface area contributed by atoms with E-state index in [-0.39, 0.29) is 4.90 Å². The molecule has 1 heterocycles. The van der Waals surface area contributed by atoms with E-state index in [1.165, 1.54) is 7.11 Å². The molecule has 1 aromatic heterocycles. The maximum Gasteiger partial charge on any atom is 0.265 e. The van der Waals surface area contributed by atoms with E-state index in [9.17, 15) is 8.42 Å². The van der Waals surface area contributed by atoms with Crippen LogP contribution in [0.15, 0.2) is 39.8 Å². The van der Waals surface area contributed by atoms with Gasteiger partial charge in [0.25, 0.3) is 10.0 Å². The van der Waals surface area contributed by atoms with Crippen molar-refractivity contribution in [1.29, 1.82) is 0 Å². The van der Waals surface area contributed by atoms with Gasteiger partial charge in [-0.2, -0.15) is 0 Å². The fourth-order valence-corrected chi connectivity index (χ4v) is 3.60. The van der Waals surface area contributed by atoms with Crippen LogP contribution in [-0.2, 0) is 10.0 Å². The standard InChI is InChI=1S/C14H15BrN2O3S/c1-9-4-6-12(20-3)13(8-9)21(18,19)17-11-5-7-14(15)16-10(11)2/h4-8,17H,1-3H3. The molecule has 0 aliphatic heterocycles. The molecule has 2 rings (SSSR count). The molecule has 0 fully saturated rings. The summed E-state index contributed by atoms with van der Waals surface area (Å²) in [6, 6.07) is 8.34. The van der Waals surface area contributed by atoms with Crippen LogP contribution in [0.1, 0.15) is 11.3 Å². The lowest BCUT2D eigenvalue weighted by molar-refractivity contribution is 0.402. The summed E-state index contributed by atoms with van der Waals surface area (Å²) in [6.45, 7) is 3.56. The third kappa shape index (κ3) is 3.54. The number of aromatic nitrogens is 1. The Kier molecular flexibility index (Phi) is 4.53. The van der Waals surface area contributed by atoms with Crippen molar-refractivity contribution in [3.8, 4) is 5.75 Å². The van der Waals surface area contributed by atoms with Crippen molar-refractivity contribution >= 4 is 31.6 Å². The van der Waals surface area contributed by atoms with Crippen molar-refractivity contribution in [2.75, 3.05) is 11.8 Å². The van der Waals surface area contributed by atoms with Crippen LogP contribution in [0.2, 0.25) is 0 Å². The number of hydrogen-bond donors (Lipinski definition) is 1. The number of sulfonamides is 1. The molecule has 0 amide bonds. The summed E-state index contributed by atoms with van der Waals surface area (Å²) in [7, 11) is -2.30. The van der Waals surface area contributed by atoms with Gasteiger partial charge < -0.3 is 4.74 Å². The van der Waals surface area contributed by atoms with Crippen LogP contribution in [0.25, 0.3) is 0 Å². The molecular formula is C14H15BrN2O3S. The fraction of sp³-hybridized carbons (Fsp3) is 0.214. The van der Waals surface area contributed by atoms with Crippen LogP contribution in [0.3, 0.4) is 0 Å². The average molecular weight is 371 g/mol. The molecule has 7 heteroatoms. The normalized spacial score (nSPS) is 11.2. The molecule has 0 saturated carbocycles. The van der Waals surface area contributed by atoms with Gasteiger partial charge in [-0.1, -0.05) is 6.07 Å². The van der Waals surface area contributed by atoms with E-state index in [0.29, 0.717) is 21.7 Å². The zero-order valence-corrected chi connectivity index (χ0v) is 14.2. The Morgan fingerprint density at radius 3 is 2.52 bits per heavy atom. The molecule has 0 saturated heterocycles. The average Bonchev–Trinajstić information content (AvgIpc) is 2.42. The first-order valence-electron chi connectivity index (χ1n) is 6.14. The number of methoxy groups -OCH3 is 1. The van der Waals surface area contributed by atoms with E-state index >= 15 is 0 Å². The maximum atomic E-state index is 12.5. The van der Waals surface area contributed by atoms with Crippen LogP contribution >= 0.6 is 15.9 Å². The van der Waals surface area contributed by atoms with Gasteiger partial charge >= 0.3 is 0 Å². The zero-order chi connectivity index (χ0) is 15.6. The second kappa shape index (κ2) is 6.03. The van der Waals surface area contributed by atoms with Crippen LogP contribution in [0.5, 0.6) is 5.75 Å². The first-order valence-corrected chi connectivity index (χ1v) is 8.42. The first kappa shape index (κ1) is 15.8. The first-order chi connectivity index (χ1) is 9.83. The van der Waals surface area contributed by atoms with Gasteiger partial charge in [0.2, 0.25) is 0 Å². The Morgan fingerprint density at radius 2 is 1.90 bits per heavy atom. The molecule has 1 aromatic carbocycles. The van der Waals surface area contributed by atoms with Crippen molar-refractivity contribution in [2.45, 2.75) is 18.7 Å². The van der Waals surface area contributed by atoms with Crippen molar-refractivity contribution in [2.24, 2.45) is 0 Å². The molecule has 21 heavy (non-hydrogen) atoms. The Labute approximate surface area is 132 Å². The molecular weight excluding hydrogens is 356 g/mol. The Hall–Kier alpha value is -1.60. The second-order valence-corrected chi connectivity index (χ2v) is 6.99. The van der Waals surface area contributed by atoms with Gasteiger partial charge in [0.1, 0.15) is 15.2 Å². The topological polar surface area (TPSA) is 68.3 Å². The number of benzene rings is 1. The van der Waals surface area contributed by atoms with E-state index in [2.05, 4.69) is 25.6 Å². The quantitative estimate of drug-likeness (QED) is 0.838. The number of hydrogen-bond acceptors (Lipinski definition) is 4. The summed E-state index contributed by atoms with van der Waals surface area (Å²) in [6.07, 6.45) is 0. The summed E-state index contributed by atoms with van der Waals surface area (Å²) < 4.78 is 33.4. The Balaban J connectivity index is 2.45. The third-order valence-electron chi connectivity index (χ3n) is 2.90. The number of aryl methyl sites for hydroxylation is 2. The zero-order valence-electron chi connectivity index (χ0n) is 11.8. The van der Waals surface area contributed by atoms with Gasteiger partial charge in [-0.3, -0.25) is 4.72 Å². The molecule has 5 nitrogen and oxygen atoms in total. The van der Waals surface area contributed by atoms with Gasteiger partial charge in [-0.15, -0.1) is 0 Å². The molecule has 0 spiro atoms. The molecule has 0 aliphatic rings. The summed E-state index contributed by atoms with van der Waals surface area (Å²) in [4.78, 5) is 4.27. The van der Waals surface area contributed by atoms with E-state index < -0.39 is 10.0 Å². The van der Waals surface area contributed by atoms with Crippen LogP contribution in [-0.4, -0.2) is 20.5 Å². The smallest absolute Gasteiger partial charge is 0.265 e. The Morgan fingerprint density at radius 1 is 1.19 bits per heavy atom. The predicted octanol–water partition coefficient (Wildman–Crippen LogP) is 3.27. The van der Waals surface area contributed by atoms with Crippen molar-refractivity contribution < 1.29 is 13.2 Å². The number of halogens is 1. The minimum Gasteiger partial charge on any atom is -0.495 e. The van der Waals surface area contributed by atoms with Crippen LogP contribution < -0.4 is 9.46 Å². The summed E-state index contributed by atoms with van der Waals surface area (Å²) >= 11 is 3.24. The molecule has 0 atom stereocenters. The molecule has 0 aliphatic carbocycles. The Bertz CT molecular complexity index is 776. The molecule has 0 radical (unpaired) electrons. The summed E-state index contributed by atoms with van der Waals surface area (Å²) in [5.41, 5.74) is 1.85. The van der Waals surface area contributed by atoms with Gasteiger partial charge in [0.15, 0.2) is 0 Å². The predicted molar refractivity (Wildman–Crippen MR) is 85.2 cm³/mol. The second-order valence-electron chi connectivity index (χ2n) is 4.53. The van der Waals surface area contributed by atoms with Crippen LogP contribution in [0, 0.1) is 13.8 Å². The highest BCUT2D eigenvalue weighted by atomic mass is 79.9. The lowest BCUT2D eigenvalue weighted by Crippen LogP contribution is -2.15. The number of nitrogens with zero attached hydrogens (tertiary/aromatic N) is 1. The fourth-order valence-electron chi connectivity index (χ4n) is 1.83. The number of pyridine rings is 1. The summed E-state index contributed by atoms with van der Waals surface area (Å²) in [5.74, 6) is 0.302. The van der Waals surface area contributed by atoms with Gasteiger partial charge in [-0.25, -0.2) is 13.4 Å². The van der Waals surface area contributed by atoms with Gasteiger partial charge in [-0.05, 0) is 59.6 Å². The van der Waals surface area contributed by atoms with Crippen LogP contribution in [0.4, 0.5) is 5.69 Å². The monoisotopic (exact) mass is 370 g/mol. The molecule has 1 N–H and O–H groups in total. The minimum absolute atomic E-state index is 0.104. The van der Waals surface area contributed by atoms with Gasteiger partial charge in [0.05, 0.1) is 18.5 Å². The van der Waals surface area contributed by atoms with E-state index in [0.717, 1.165) is 5.56 Å².